The molecule has 0 aromatic heterocycles. The molecule has 194 valence electrons. The van der Waals surface area contributed by atoms with E-state index in [0.717, 1.165) is 26.8 Å². The van der Waals surface area contributed by atoms with Crippen LogP contribution < -0.4 is 19.5 Å². The number of nitrogens with zero attached hydrogens (tertiary/aromatic N) is 1. The van der Waals surface area contributed by atoms with Crippen LogP contribution in [0, 0.1) is 3.57 Å². The first-order chi connectivity index (χ1) is 17.9. The summed E-state index contributed by atoms with van der Waals surface area (Å²) in [6.45, 7) is 3.17. The van der Waals surface area contributed by atoms with Crippen molar-refractivity contribution in [2.24, 2.45) is 0 Å². The van der Waals surface area contributed by atoms with E-state index < -0.39 is 0 Å². The summed E-state index contributed by atoms with van der Waals surface area (Å²) in [7, 11) is 3.27. The molecule has 4 rings (SSSR count). The van der Waals surface area contributed by atoms with Crippen LogP contribution in [0.2, 0.25) is 0 Å². The standard InChI is InChI=1S/C28H29IN2O5S/c1-4-35-27(32)18-5-11-22(12-6-18)36-17-24-23-16-26(34-3)25(33-2)15-19(23)13-14-31(24)28(37)30-21-9-7-20(29)8-10-21/h5-12,15-16,24H,4,13-14,17H2,1-3H3,(H,30,37)/t24-/m1/s1. The van der Waals surface area contributed by atoms with Crippen molar-refractivity contribution in [1.82, 2.24) is 4.90 Å². The maximum atomic E-state index is 12.0. The zero-order chi connectivity index (χ0) is 26.4. The molecule has 7 nitrogen and oxygen atoms in total. The number of benzene rings is 3. The highest BCUT2D eigenvalue weighted by Gasteiger charge is 2.31. The summed E-state index contributed by atoms with van der Waals surface area (Å²) in [5.74, 6) is 1.65. The van der Waals surface area contributed by atoms with E-state index in [1.165, 1.54) is 0 Å². The fourth-order valence-corrected chi connectivity index (χ4v) is 4.95. The SMILES string of the molecule is CCOC(=O)c1ccc(OC[C@@H]2c3cc(OC)c(OC)cc3CCN2C(=S)Nc2ccc(I)cc2)cc1. The highest BCUT2D eigenvalue weighted by atomic mass is 127. The van der Waals surface area contributed by atoms with Crippen LogP contribution in [0.25, 0.3) is 0 Å². The Kier molecular flexibility index (Phi) is 9.09. The number of halogens is 1. The smallest absolute Gasteiger partial charge is 0.338 e. The van der Waals surface area contributed by atoms with Crippen molar-refractivity contribution in [3.8, 4) is 17.2 Å². The number of anilines is 1. The van der Waals surface area contributed by atoms with Crippen LogP contribution in [-0.4, -0.2) is 50.0 Å². The Morgan fingerprint density at radius 2 is 1.73 bits per heavy atom. The molecule has 0 bridgehead atoms. The third-order valence-electron chi connectivity index (χ3n) is 6.13. The van der Waals surface area contributed by atoms with E-state index >= 15 is 0 Å². The molecule has 37 heavy (non-hydrogen) atoms. The van der Waals surface area contributed by atoms with E-state index in [-0.39, 0.29) is 12.0 Å². The van der Waals surface area contributed by atoms with Crippen LogP contribution in [0.1, 0.15) is 34.5 Å². The topological polar surface area (TPSA) is 69.3 Å². The average Bonchev–Trinajstić information content (AvgIpc) is 2.92. The minimum atomic E-state index is -0.352. The average molecular weight is 633 g/mol. The van der Waals surface area contributed by atoms with Gasteiger partial charge in [0.05, 0.1) is 32.4 Å². The lowest BCUT2D eigenvalue weighted by Crippen LogP contribution is -2.44. The van der Waals surface area contributed by atoms with Gasteiger partial charge in [0.1, 0.15) is 12.4 Å². The highest BCUT2D eigenvalue weighted by molar-refractivity contribution is 14.1. The lowest BCUT2D eigenvalue weighted by molar-refractivity contribution is 0.0526. The molecule has 1 aliphatic heterocycles. The van der Waals surface area contributed by atoms with Gasteiger partial charge in [-0.2, -0.15) is 0 Å². The lowest BCUT2D eigenvalue weighted by atomic mass is 9.92. The molecule has 0 unspecified atom stereocenters. The monoisotopic (exact) mass is 632 g/mol. The number of carbonyl (C=O) groups excluding carboxylic acids is 1. The number of carbonyl (C=O) groups is 1. The number of thiocarbonyl (C=S) groups is 1. The quantitative estimate of drug-likeness (QED) is 0.188. The van der Waals surface area contributed by atoms with Crippen molar-refractivity contribution in [2.45, 2.75) is 19.4 Å². The fraction of sp³-hybridized carbons (Fsp3) is 0.286. The van der Waals surface area contributed by atoms with Gasteiger partial charge in [-0.1, -0.05) is 0 Å². The van der Waals surface area contributed by atoms with E-state index in [9.17, 15) is 4.79 Å². The largest absolute Gasteiger partial charge is 0.493 e. The number of rotatable bonds is 8. The van der Waals surface area contributed by atoms with Crippen LogP contribution in [0.15, 0.2) is 60.7 Å². The van der Waals surface area contributed by atoms with Gasteiger partial charge in [-0.25, -0.2) is 4.79 Å². The minimum absolute atomic E-state index is 0.169. The zero-order valence-electron chi connectivity index (χ0n) is 21.0. The number of ether oxygens (including phenoxy) is 4. The fourth-order valence-electron chi connectivity index (χ4n) is 4.26. The van der Waals surface area contributed by atoms with E-state index in [1.54, 1.807) is 45.4 Å². The van der Waals surface area contributed by atoms with Gasteiger partial charge in [-0.05, 0) is 120 Å². The van der Waals surface area contributed by atoms with Crippen molar-refractivity contribution in [2.75, 3.05) is 39.3 Å². The van der Waals surface area contributed by atoms with E-state index in [4.69, 9.17) is 31.2 Å². The molecule has 0 saturated carbocycles. The number of methoxy groups -OCH3 is 2. The van der Waals surface area contributed by atoms with Crippen LogP contribution in [0.4, 0.5) is 5.69 Å². The van der Waals surface area contributed by atoms with E-state index in [1.807, 2.05) is 36.4 Å². The Balaban J connectivity index is 1.59. The van der Waals surface area contributed by atoms with E-state index in [2.05, 4.69) is 32.8 Å². The van der Waals surface area contributed by atoms with Crippen molar-refractivity contribution < 1.29 is 23.7 Å². The second kappa shape index (κ2) is 12.5. The van der Waals surface area contributed by atoms with Gasteiger partial charge in [0.15, 0.2) is 16.6 Å². The number of hydrogen-bond acceptors (Lipinski definition) is 6. The molecule has 9 heteroatoms. The first kappa shape index (κ1) is 27.0. The van der Waals surface area contributed by atoms with Crippen molar-refractivity contribution in [3.63, 3.8) is 0 Å². The number of esters is 1. The van der Waals surface area contributed by atoms with Crippen LogP contribution in [-0.2, 0) is 11.2 Å². The summed E-state index contributed by atoms with van der Waals surface area (Å²) < 4.78 is 23.6. The summed E-state index contributed by atoms with van der Waals surface area (Å²) in [6, 6.07) is 18.9. The predicted molar refractivity (Wildman–Crippen MR) is 156 cm³/mol. The summed E-state index contributed by atoms with van der Waals surface area (Å²) >= 11 is 8.14. The van der Waals surface area contributed by atoms with Crippen molar-refractivity contribution in [3.05, 3.63) is 80.9 Å². The molecule has 0 fully saturated rings. The molecule has 1 atom stereocenters. The van der Waals surface area contributed by atoms with Gasteiger partial charge >= 0.3 is 5.97 Å². The second-order valence-electron chi connectivity index (χ2n) is 8.36. The first-order valence-corrected chi connectivity index (χ1v) is 13.4. The van der Waals surface area contributed by atoms with Crippen LogP contribution >= 0.6 is 34.8 Å². The van der Waals surface area contributed by atoms with Crippen molar-refractivity contribution >= 4 is 51.6 Å². The summed E-state index contributed by atoms with van der Waals surface area (Å²) in [5.41, 5.74) is 3.65. The maximum absolute atomic E-state index is 12.0. The number of fused-ring (bicyclic) bond motifs is 1. The molecule has 0 saturated heterocycles. The lowest BCUT2D eigenvalue weighted by Gasteiger charge is -2.39. The Morgan fingerprint density at radius 3 is 2.38 bits per heavy atom. The Labute approximate surface area is 236 Å². The molecule has 1 aliphatic rings. The molecule has 0 spiro atoms. The third-order valence-corrected chi connectivity index (χ3v) is 7.19. The van der Waals surface area contributed by atoms with Crippen LogP contribution in [0.3, 0.4) is 0 Å². The highest BCUT2D eigenvalue weighted by Crippen LogP contribution is 2.38. The Bertz CT molecular complexity index is 1250. The molecular weight excluding hydrogens is 603 g/mol. The maximum Gasteiger partial charge on any atom is 0.338 e. The van der Waals surface area contributed by atoms with E-state index in [0.29, 0.717) is 47.7 Å². The van der Waals surface area contributed by atoms with Gasteiger partial charge in [0, 0.05) is 15.8 Å². The van der Waals surface area contributed by atoms with Gasteiger partial charge in [-0.3, -0.25) is 0 Å². The Hall–Kier alpha value is -3.05. The number of hydrogen-bond donors (Lipinski definition) is 1. The van der Waals surface area contributed by atoms with Gasteiger partial charge in [-0.15, -0.1) is 0 Å². The predicted octanol–water partition coefficient (Wildman–Crippen LogP) is 5.86. The molecule has 0 amide bonds. The third kappa shape index (κ3) is 6.45. The summed E-state index contributed by atoms with van der Waals surface area (Å²) in [6.07, 6.45) is 0.801. The Morgan fingerprint density at radius 1 is 1.05 bits per heavy atom. The summed E-state index contributed by atoms with van der Waals surface area (Å²) in [4.78, 5) is 14.1. The van der Waals surface area contributed by atoms with Gasteiger partial charge in [0.25, 0.3) is 0 Å². The van der Waals surface area contributed by atoms with Crippen molar-refractivity contribution in [1.29, 1.82) is 0 Å². The molecule has 0 radical (unpaired) electrons. The van der Waals surface area contributed by atoms with Gasteiger partial charge < -0.3 is 29.2 Å². The minimum Gasteiger partial charge on any atom is -0.493 e. The second-order valence-corrected chi connectivity index (χ2v) is 9.99. The first-order valence-electron chi connectivity index (χ1n) is 11.9. The van der Waals surface area contributed by atoms with Crippen LogP contribution in [0.5, 0.6) is 17.2 Å². The normalized spacial score (nSPS) is 14.4. The molecule has 3 aromatic carbocycles. The number of nitrogens with one attached hydrogen (secondary N) is 1. The molecule has 0 aliphatic carbocycles. The summed E-state index contributed by atoms with van der Waals surface area (Å²) in [5, 5.41) is 3.99. The molecule has 1 N–H and O–H groups in total. The van der Waals surface area contributed by atoms with Gasteiger partial charge in [0.2, 0.25) is 0 Å². The zero-order valence-corrected chi connectivity index (χ0v) is 23.9. The molecule has 1 heterocycles. The molecular formula is C28H29IN2O5S. The molecule has 3 aromatic rings.